The van der Waals surface area contributed by atoms with Gasteiger partial charge in [-0.25, -0.2) is 0 Å². The number of Topliss-reactive ketones (excluding diaryl/α,β-unsaturated/α-hetero) is 1. The SMILES string of the molecule is O=C(CO)c1cc(Cl)c(CBr)cc1O. The molecule has 0 fully saturated rings. The van der Waals surface area contributed by atoms with Crippen LogP contribution in [0, 0.1) is 0 Å². The number of halogens is 2. The predicted octanol–water partition coefficient (Wildman–Crippen LogP) is 2.12. The van der Waals surface area contributed by atoms with Crippen LogP contribution < -0.4 is 0 Å². The van der Waals surface area contributed by atoms with Gasteiger partial charge < -0.3 is 10.2 Å². The van der Waals surface area contributed by atoms with Crippen molar-refractivity contribution in [2.24, 2.45) is 0 Å². The number of aliphatic hydroxyl groups excluding tert-OH is 1. The van der Waals surface area contributed by atoms with Crippen LogP contribution in [0.2, 0.25) is 5.02 Å². The normalized spacial score (nSPS) is 10.2. The van der Waals surface area contributed by atoms with Gasteiger partial charge >= 0.3 is 0 Å². The highest BCUT2D eigenvalue weighted by atomic mass is 79.9. The maximum Gasteiger partial charge on any atom is 0.191 e. The van der Waals surface area contributed by atoms with E-state index in [1.54, 1.807) is 0 Å². The lowest BCUT2D eigenvalue weighted by Gasteiger charge is -2.05. The van der Waals surface area contributed by atoms with E-state index in [2.05, 4.69) is 15.9 Å². The van der Waals surface area contributed by atoms with Crippen molar-refractivity contribution < 1.29 is 15.0 Å². The zero-order valence-corrected chi connectivity index (χ0v) is 9.47. The highest BCUT2D eigenvalue weighted by Crippen LogP contribution is 2.27. The van der Waals surface area contributed by atoms with Gasteiger partial charge in [-0.05, 0) is 17.7 Å². The Balaban J connectivity index is 3.21. The number of aromatic hydroxyl groups is 1. The van der Waals surface area contributed by atoms with Crippen LogP contribution in [0.4, 0.5) is 0 Å². The average molecular weight is 280 g/mol. The zero-order valence-electron chi connectivity index (χ0n) is 7.13. The lowest BCUT2D eigenvalue weighted by Crippen LogP contribution is -2.05. The van der Waals surface area contributed by atoms with Crippen LogP contribution in [0.1, 0.15) is 15.9 Å². The molecule has 0 heterocycles. The van der Waals surface area contributed by atoms with Crippen LogP contribution in [-0.4, -0.2) is 22.6 Å². The molecule has 5 heteroatoms. The van der Waals surface area contributed by atoms with E-state index in [1.165, 1.54) is 12.1 Å². The fourth-order valence-corrected chi connectivity index (χ4v) is 1.87. The smallest absolute Gasteiger partial charge is 0.191 e. The summed E-state index contributed by atoms with van der Waals surface area (Å²) in [5.74, 6) is -0.714. The third-order valence-electron chi connectivity index (χ3n) is 1.75. The first-order valence-electron chi connectivity index (χ1n) is 3.81. The molecule has 1 aromatic rings. The van der Waals surface area contributed by atoms with Crippen LogP contribution in [-0.2, 0) is 5.33 Å². The minimum atomic E-state index is -0.641. The lowest BCUT2D eigenvalue weighted by atomic mass is 10.1. The summed E-state index contributed by atoms with van der Waals surface area (Å²) in [6.07, 6.45) is 0. The summed E-state index contributed by atoms with van der Waals surface area (Å²) in [6.45, 7) is -0.641. The minimum absolute atomic E-state index is 0.0437. The number of alkyl halides is 1. The summed E-state index contributed by atoms with van der Waals surface area (Å²) in [5.41, 5.74) is 0.737. The molecule has 1 aromatic carbocycles. The number of phenols is 1. The van der Waals surface area contributed by atoms with Crippen LogP contribution in [0.15, 0.2) is 12.1 Å². The summed E-state index contributed by atoms with van der Waals surface area (Å²) in [7, 11) is 0. The molecule has 76 valence electrons. The molecule has 0 atom stereocenters. The van der Waals surface area contributed by atoms with Crippen LogP contribution in [0.3, 0.4) is 0 Å². The first kappa shape index (κ1) is 11.5. The molecule has 14 heavy (non-hydrogen) atoms. The Morgan fingerprint density at radius 2 is 2.14 bits per heavy atom. The van der Waals surface area contributed by atoms with Crippen molar-refractivity contribution >= 4 is 33.3 Å². The number of hydrogen-bond donors (Lipinski definition) is 2. The van der Waals surface area contributed by atoms with Gasteiger partial charge in [-0.1, -0.05) is 27.5 Å². The zero-order chi connectivity index (χ0) is 10.7. The molecule has 0 amide bonds. The Kier molecular flexibility index (Phi) is 3.92. The second-order valence-electron chi connectivity index (χ2n) is 2.68. The molecule has 0 aliphatic rings. The number of hydrogen-bond acceptors (Lipinski definition) is 3. The van der Waals surface area contributed by atoms with Crippen molar-refractivity contribution in [3.05, 3.63) is 28.3 Å². The first-order valence-corrected chi connectivity index (χ1v) is 5.31. The molecule has 0 aliphatic heterocycles. The van der Waals surface area contributed by atoms with Crippen LogP contribution in [0.5, 0.6) is 5.75 Å². The number of rotatable bonds is 3. The summed E-state index contributed by atoms with van der Waals surface area (Å²) in [5, 5.41) is 18.9. The molecular formula is C9H8BrClO3. The molecule has 0 radical (unpaired) electrons. The van der Waals surface area contributed by atoms with Gasteiger partial charge in [0.1, 0.15) is 12.4 Å². The Morgan fingerprint density at radius 1 is 1.50 bits per heavy atom. The number of phenolic OH excluding ortho intramolecular Hbond substituents is 1. The molecule has 0 aliphatic carbocycles. The third-order valence-corrected chi connectivity index (χ3v) is 2.71. The second kappa shape index (κ2) is 4.77. The van der Waals surface area contributed by atoms with Crippen LogP contribution in [0.25, 0.3) is 0 Å². The number of benzene rings is 1. The van der Waals surface area contributed by atoms with Crippen molar-refractivity contribution in [3.63, 3.8) is 0 Å². The molecule has 0 saturated carbocycles. The van der Waals surface area contributed by atoms with Gasteiger partial charge in [-0.2, -0.15) is 0 Å². The Morgan fingerprint density at radius 3 is 2.64 bits per heavy atom. The number of ketones is 1. The molecule has 0 spiro atoms. The summed E-state index contributed by atoms with van der Waals surface area (Å²) < 4.78 is 0. The molecule has 2 N–H and O–H groups in total. The molecule has 0 saturated heterocycles. The molecular weight excluding hydrogens is 271 g/mol. The van der Waals surface area contributed by atoms with E-state index < -0.39 is 12.4 Å². The van der Waals surface area contributed by atoms with E-state index in [1.807, 2.05) is 0 Å². The van der Waals surface area contributed by atoms with Gasteiger partial charge in [-0.15, -0.1) is 0 Å². The van der Waals surface area contributed by atoms with Crippen molar-refractivity contribution in [1.82, 2.24) is 0 Å². The largest absolute Gasteiger partial charge is 0.507 e. The summed E-state index contributed by atoms with van der Waals surface area (Å²) in [4.78, 5) is 11.1. The Hall–Kier alpha value is -0.580. The monoisotopic (exact) mass is 278 g/mol. The lowest BCUT2D eigenvalue weighted by molar-refractivity contribution is 0.0901. The van der Waals surface area contributed by atoms with Crippen molar-refractivity contribution in [3.8, 4) is 5.75 Å². The molecule has 0 unspecified atom stereocenters. The van der Waals surface area contributed by atoms with Gasteiger partial charge in [0.15, 0.2) is 5.78 Å². The Labute approximate surface area is 94.4 Å². The predicted molar refractivity (Wildman–Crippen MR) is 57.2 cm³/mol. The molecule has 0 bridgehead atoms. The summed E-state index contributed by atoms with van der Waals surface area (Å²) in [6, 6.07) is 2.76. The fourth-order valence-electron chi connectivity index (χ4n) is 1.02. The topological polar surface area (TPSA) is 57.5 Å². The second-order valence-corrected chi connectivity index (χ2v) is 3.64. The fraction of sp³-hybridized carbons (Fsp3) is 0.222. The van der Waals surface area contributed by atoms with E-state index in [-0.39, 0.29) is 11.3 Å². The van der Waals surface area contributed by atoms with E-state index in [0.29, 0.717) is 15.9 Å². The Bertz CT molecular complexity index is 365. The molecule has 0 aromatic heterocycles. The third kappa shape index (κ3) is 2.26. The molecule has 3 nitrogen and oxygen atoms in total. The van der Waals surface area contributed by atoms with Gasteiger partial charge in [-0.3, -0.25) is 4.79 Å². The van der Waals surface area contributed by atoms with E-state index in [4.69, 9.17) is 16.7 Å². The number of aliphatic hydroxyl groups is 1. The van der Waals surface area contributed by atoms with E-state index >= 15 is 0 Å². The summed E-state index contributed by atoms with van der Waals surface area (Å²) >= 11 is 9.02. The minimum Gasteiger partial charge on any atom is -0.507 e. The molecule has 1 rings (SSSR count). The number of carbonyl (C=O) groups excluding carboxylic acids is 1. The van der Waals surface area contributed by atoms with Gasteiger partial charge in [0.05, 0.1) is 5.56 Å². The maximum atomic E-state index is 11.1. The highest BCUT2D eigenvalue weighted by Gasteiger charge is 2.13. The highest BCUT2D eigenvalue weighted by molar-refractivity contribution is 9.08. The quantitative estimate of drug-likeness (QED) is 0.658. The average Bonchev–Trinajstić information content (AvgIpc) is 2.19. The van der Waals surface area contributed by atoms with E-state index in [0.717, 1.165) is 0 Å². The van der Waals surface area contributed by atoms with Crippen LogP contribution >= 0.6 is 27.5 Å². The van der Waals surface area contributed by atoms with E-state index in [9.17, 15) is 9.90 Å². The maximum absolute atomic E-state index is 11.1. The standard InChI is InChI=1S/C9H8BrClO3/c10-3-5-1-8(13)6(2-7(5)11)9(14)4-12/h1-2,12-13H,3-4H2. The van der Waals surface area contributed by atoms with Crippen molar-refractivity contribution in [2.75, 3.05) is 6.61 Å². The van der Waals surface area contributed by atoms with Gasteiger partial charge in [0, 0.05) is 10.4 Å². The van der Waals surface area contributed by atoms with Crippen molar-refractivity contribution in [2.45, 2.75) is 5.33 Å². The van der Waals surface area contributed by atoms with Crippen molar-refractivity contribution in [1.29, 1.82) is 0 Å². The first-order chi connectivity index (χ1) is 6.60. The van der Waals surface area contributed by atoms with Gasteiger partial charge in [0.25, 0.3) is 0 Å². The number of carbonyl (C=O) groups is 1. The van der Waals surface area contributed by atoms with Gasteiger partial charge in [0.2, 0.25) is 0 Å².